The number of hydrogen-bond donors (Lipinski definition) is 1. The minimum absolute atomic E-state index is 0.0325. The number of rotatable bonds is 4. The van der Waals surface area contributed by atoms with Crippen LogP contribution in [0.2, 0.25) is 0 Å². The van der Waals surface area contributed by atoms with Crippen molar-refractivity contribution in [2.45, 2.75) is 16.2 Å². The van der Waals surface area contributed by atoms with Gasteiger partial charge >= 0.3 is 6.18 Å². The van der Waals surface area contributed by atoms with Crippen LogP contribution in [-0.4, -0.2) is 14.3 Å². The molecule has 3 rings (SSSR count). The Kier molecular flexibility index (Phi) is 5.35. The lowest BCUT2D eigenvalue weighted by molar-refractivity contribution is -0.137. The number of carbonyl (C=O) groups is 1. The summed E-state index contributed by atoms with van der Waals surface area (Å²) in [5.74, 6) is -1.23. The Bertz CT molecular complexity index is 1120. The van der Waals surface area contributed by atoms with Crippen molar-refractivity contribution < 1.29 is 30.8 Å². The smallest absolute Gasteiger partial charge is 0.416 e. The first-order valence-corrected chi connectivity index (χ1v) is 9.94. The summed E-state index contributed by atoms with van der Waals surface area (Å²) in [6, 6.07) is 12.1. The molecule has 28 heavy (non-hydrogen) atoms. The van der Waals surface area contributed by atoms with E-state index < -0.39 is 32.6 Å². The van der Waals surface area contributed by atoms with Gasteiger partial charge in [0, 0.05) is 10.2 Å². The molecule has 1 amide bonds. The minimum atomic E-state index is -4.56. The molecule has 0 radical (unpaired) electrons. The van der Waals surface area contributed by atoms with Crippen molar-refractivity contribution in [1.29, 1.82) is 0 Å². The maximum absolute atomic E-state index is 12.7. The van der Waals surface area contributed by atoms with E-state index in [9.17, 15) is 26.4 Å². The molecule has 0 bridgehead atoms. The van der Waals surface area contributed by atoms with Gasteiger partial charge in [-0.1, -0.05) is 22.0 Å². The third-order valence-electron chi connectivity index (χ3n) is 3.64. The summed E-state index contributed by atoms with van der Waals surface area (Å²) in [5.41, 5.74) is -1.03. The van der Waals surface area contributed by atoms with Gasteiger partial charge in [0.15, 0.2) is 5.76 Å². The summed E-state index contributed by atoms with van der Waals surface area (Å²) in [6.07, 6.45) is -4.56. The van der Waals surface area contributed by atoms with Crippen molar-refractivity contribution in [3.8, 4) is 0 Å². The van der Waals surface area contributed by atoms with E-state index in [-0.39, 0.29) is 16.3 Å². The summed E-state index contributed by atoms with van der Waals surface area (Å²) < 4.78 is 69.1. The molecule has 1 aromatic heterocycles. The Morgan fingerprint density at radius 1 is 1.00 bits per heavy atom. The summed E-state index contributed by atoms with van der Waals surface area (Å²) >= 11 is 3.20. The first kappa shape index (κ1) is 20.2. The molecule has 0 aliphatic carbocycles. The standard InChI is InChI=1S/C18H11BrF3NO4S/c19-12-4-6-14(7-5-12)28(25,26)16-9-8-15(27-16)17(24)23-13-3-1-2-11(10-13)18(20,21)22/h1-10H,(H,23,24). The van der Waals surface area contributed by atoms with Gasteiger partial charge in [0.25, 0.3) is 5.91 Å². The molecule has 0 aliphatic rings. The van der Waals surface area contributed by atoms with Crippen molar-refractivity contribution in [2.24, 2.45) is 0 Å². The van der Waals surface area contributed by atoms with Crippen molar-refractivity contribution in [3.63, 3.8) is 0 Å². The normalized spacial score (nSPS) is 12.0. The first-order chi connectivity index (χ1) is 13.1. The van der Waals surface area contributed by atoms with Crippen LogP contribution in [0, 0.1) is 0 Å². The Morgan fingerprint density at radius 2 is 1.68 bits per heavy atom. The van der Waals surface area contributed by atoms with Crippen LogP contribution >= 0.6 is 15.9 Å². The fraction of sp³-hybridized carbons (Fsp3) is 0.0556. The number of benzene rings is 2. The van der Waals surface area contributed by atoms with Crippen LogP contribution in [0.3, 0.4) is 0 Å². The summed E-state index contributed by atoms with van der Waals surface area (Å²) in [7, 11) is -3.98. The molecule has 0 aliphatic heterocycles. The molecule has 0 saturated heterocycles. The van der Waals surface area contributed by atoms with Gasteiger partial charge in [0.05, 0.1) is 10.5 Å². The maximum atomic E-state index is 12.7. The van der Waals surface area contributed by atoms with E-state index in [1.807, 2.05) is 0 Å². The van der Waals surface area contributed by atoms with Crippen LogP contribution in [0.5, 0.6) is 0 Å². The molecule has 2 aromatic carbocycles. The van der Waals surface area contributed by atoms with E-state index in [1.165, 1.54) is 30.3 Å². The highest BCUT2D eigenvalue weighted by Crippen LogP contribution is 2.31. The molecule has 5 nitrogen and oxygen atoms in total. The maximum Gasteiger partial charge on any atom is 0.416 e. The van der Waals surface area contributed by atoms with Crippen LogP contribution in [0.15, 0.2) is 79.5 Å². The highest BCUT2D eigenvalue weighted by atomic mass is 79.9. The van der Waals surface area contributed by atoms with Crippen molar-refractivity contribution >= 4 is 37.4 Å². The minimum Gasteiger partial charge on any atom is -0.439 e. The molecule has 0 atom stereocenters. The van der Waals surface area contributed by atoms with E-state index in [0.29, 0.717) is 4.47 Å². The highest BCUT2D eigenvalue weighted by molar-refractivity contribution is 9.10. The highest BCUT2D eigenvalue weighted by Gasteiger charge is 2.30. The molecule has 146 valence electrons. The molecule has 0 unspecified atom stereocenters. The molecule has 1 heterocycles. The molecule has 0 saturated carbocycles. The second-order valence-electron chi connectivity index (χ2n) is 5.61. The number of alkyl halides is 3. The summed E-state index contributed by atoms with van der Waals surface area (Å²) in [6.45, 7) is 0. The zero-order chi connectivity index (χ0) is 20.5. The van der Waals surface area contributed by atoms with E-state index in [2.05, 4.69) is 21.2 Å². The molecular weight excluding hydrogens is 463 g/mol. The first-order valence-electron chi connectivity index (χ1n) is 7.66. The number of hydrogen-bond acceptors (Lipinski definition) is 4. The molecule has 1 N–H and O–H groups in total. The lowest BCUT2D eigenvalue weighted by Crippen LogP contribution is -2.12. The predicted octanol–water partition coefficient (Wildman–Crippen LogP) is 5.15. The lowest BCUT2D eigenvalue weighted by atomic mass is 10.2. The zero-order valence-corrected chi connectivity index (χ0v) is 16.2. The number of halogens is 4. The van der Waals surface area contributed by atoms with Gasteiger partial charge in [-0.05, 0) is 54.6 Å². The fourth-order valence-corrected chi connectivity index (χ4v) is 3.72. The number of anilines is 1. The Hall–Kier alpha value is -2.59. The SMILES string of the molecule is O=C(Nc1cccc(C(F)(F)F)c1)c1ccc(S(=O)(=O)c2ccc(Br)cc2)o1. The van der Waals surface area contributed by atoms with E-state index >= 15 is 0 Å². The monoisotopic (exact) mass is 473 g/mol. The Balaban J connectivity index is 1.82. The van der Waals surface area contributed by atoms with E-state index in [0.717, 1.165) is 30.3 Å². The van der Waals surface area contributed by atoms with Crippen LogP contribution in [-0.2, 0) is 16.0 Å². The summed E-state index contributed by atoms with van der Waals surface area (Å²) in [5, 5.41) is 1.79. The number of furan rings is 1. The van der Waals surface area contributed by atoms with Crippen LogP contribution in [0.4, 0.5) is 18.9 Å². The Morgan fingerprint density at radius 3 is 2.32 bits per heavy atom. The third kappa shape index (κ3) is 4.28. The Labute approximate surface area is 166 Å². The average molecular weight is 474 g/mol. The van der Waals surface area contributed by atoms with Crippen molar-refractivity contribution in [1.82, 2.24) is 0 Å². The third-order valence-corrected chi connectivity index (χ3v) is 5.81. The van der Waals surface area contributed by atoms with Gasteiger partial charge in [-0.15, -0.1) is 0 Å². The van der Waals surface area contributed by atoms with Gasteiger partial charge in [0.2, 0.25) is 14.9 Å². The number of nitrogens with one attached hydrogen (secondary N) is 1. The van der Waals surface area contributed by atoms with Gasteiger partial charge < -0.3 is 9.73 Å². The van der Waals surface area contributed by atoms with E-state index in [4.69, 9.17) is 4.42 Å². The number of sulfone groups is 1. The van der Waals surface area contributed by atoms with Crippen molar-refractivity contribution in [3.05, 3.63) is 76.5 Å². The lowest BCUT2D eigenvalue weighted by Gasteiger charge is -2.09. The topological polar surface area (TPSA) is 76.4 Å². The second-order valence-corrected chi connectivity index (χ2v) is 8.41. The molecular formula is C18H11BrF3NO4S. The van der Waals surface area contributed by atoms with Crippen molar-refractivity contribution in [2.75, 3.05) is 5.32 Å². The number of carbonyl (C=O) groups excluding carboxylic acids is 1. The second kappa shape index (κ2) is 7.44. The van der Waals surface area contributed by atoms with Gasteiger partial charge in [-0.25, -0.2) is 8.42 Å². The molecule has 10 heteroatoms. The van der Waals surface area contributed by atoms with Gasteiger partial charge in [-0.2, -0.15) is 13.2 Å². The fourth-order valence-electron chi connectivity index (χ4n) is 2.28. The average Bonchev–Trinajstić information content (AvgIpc) is 3.13. The number of amides is 1. The summed E-state index contributed by atoms with van der Waals surface area (Å²) in [4.78, 5) is 12.2. The van der Waals surface area contributed by atoms with Crippen LogP contribution in [0.1, 0.15) is 16.1 Å². The van der Waals surface area contributed by atoms with Crippen LogP contribution < -0.4 is 5.32 Å². The molecule has 0 spiro atoms. The van der Waals surface area contributed by atoms with Gasteiger partial charge in [-0.3, -0.25) is 4.79 Å². The molecule has 0 fully saturated rings. The van der Waals surface area contributed by atoms with Crippen LogP contribution in [0.25, 0.3) is 0 Å². The predicted molar refractivity (Wildman–Crippen MR) is 97.7 cm³/mol. The zero-order valence-electron chi connectivity index (χ0n) is 13.8. The largest absolute Gasteiger partial charge is 0.439 e. The quantitative estimate of drug-likeness (QED) is 0.568. The van der Waals surface area contributed by atoms with Gasteiger partial charge in [0.1, 0.15) is 0 Å². The van der Waals surface area contributed by atoms with E-state index in [1.54, 1.807) is 0 Å². The molecule has 3 aromatic rings.